The molecule has 1 saturated heterocycles. The van der Waals surface area contributed by atoms with Crippen LogP contribution in [-0.2, 0) is 12.7 Å². The molecule has 2 aromatic heterocycles. The van der Waals surface area contributed by atoms with Gasteiger partial charge in [0.2, 0.25) is 5.89 Å². The van der Waals surface area contributed by atoms with E-state index in [9.17, 15) is 18.0 Å². The van der Waals surface area contributed by atoms with Gasteiger partial charge in [-0.25, -0.2) is 4.79 Å². The van der Waals surface area contributed by atoms with Gasteiger partial charge in [0.05, 0.1) is 17.8 Å². The van der Waals surface area contributed by atoms with E-state index in [-0.39, 0.29) is 24.0 Å². The summed E-state index contributed by atoms with van der Waals surface area (Å²) in [7, 11) is 0. The topological polar surface area (TPSA) is 78.6 Å². The Hall–Kier alpha value is -3.18. The van der Waals surface area contributed by atoms with E-state index in [2.05, 4.69) is 27.0 Å². The summed E-state index contributed by atoms with van der Waals surface area (Å²) in [5.41, 5.74) is 1.44. The molecule has 1 aromatic carbocycles. The van der Waals surface area contributed by atoms with Crippen molar-refractivity contribution in [2.24, 2.45) is 0 Å². The monoisotopic (exact) mass is 494 g/mol. The summed E-state index contributed by atoms with van der Waals surface area (Å²) in [4.78, 5) is 23.4. The van der Waals surface area contributed by atoms with Crippen molar-refractivity contribution in [1.82, 2.24) is 25.0 Å². The zero-order chi connectivity index (χ0) is 24.3. The number of aromatic nitrogens is 3. The van der Waals surface area contributed by atoms with Crippen LogP contribution in [0.4, 0.5) is 23.7 Å². The van der Waals surface area contributed by atoms with Crippen LogP contribution in [0.5, 0.6) is 0 Å². The molecule has 12 heteroatoms. The Kier molecular flexibility index (Phi) is 7.03. The number of pyridine rings is 1. The van der Waals surface area contributed by atoms with Crippen molar-refractivity contribution < 1.29 is 22.4 Å². The lowest BCUT2D eigenvalue weighted by Crippen LogP contribution is -2.52. The quantitative estimate of drug-likeness (QED) is 0.517. The molecule has 8 nitrogen and oxygen atoms in total. The van der Waals surface area contributed by atoms with Gasteiger partial charge < -0.3 is 14.2 Å². The van der Waals surface area contributed by atoms with Crippen molar-refractivity contribution in [3.05, 3.63) is 59.2 Å². The van der Waals surface area contributed by atoms with Crippen LogP contribution in [0.2, 0.25) is 5.02 Å². The minimum absolute atomic E-state index is 0.157. The molecule has 0 aliphatic carbocycles. The van der Waals surface area contributed by atoms with Gasteiger partial charge in [-0.2, -0.15) is 13.2 Å². The zero-order valence-electron chi connectivity index (χ0n) is 18.3. The normalized spacial score (nSPS) is 14.9. The fraction of sp³-hybridized carbons (Fsp3) is 0.364. The highest BCUT2D eigenvalue weighted by molar-refractivity contribution is 6.30. The molecule has 4 rings (SSSR count). The first-order chi connectivity index (χ1) is 16.2. The molecule has 0 unspecified atom stereocenters. The van der Waals surface area contributed by atoms with Gasteiger partial charge in [-0.05, 0) is 42.9 Å². The molecule has 0 radical (unpaired) electrons. The van der Waals surface area contributed by atoms with Crippen LogP contribution in [-0.4, -0.2) is 63.7 Å². The molecule has 180 valence electrons. The molecule has 2 amide bonds. The molecule has 34 heavy (non-hydrogen) atoms. The Bertz CT molecular complexity index is 1110. The average molecular weight is 495 g/mol. The van der Waals surface area contributed by atoms with Crippen LogP contribution in [0, 0.1) is 0 Å². The summed E-state index contributed by atoms with van der Waals surface area (Å²) in [6, 6.07) is 9.91. The Labute approximate surface area is 198 Å². The summed E-state index contributed by atoms with van der Waals surface area (Å²) in [6.45, 7) is 6.01. The number of hydrogen-bond acceptors (Lipinski definition) is 6. The Morgan fingerprint density at radius 2 is 1.79 bits per heavy atom. The first kappa shape index (κ1) is 24.0. The van der Waals surface area contributed by atoms with Crippen LogP contribution >= 0.6 is 11.6 Å². The van der Waals surface area contributed by atoms with Crippen molar-refractivity contribution in [3.8, 4) is 11.5 Å². The molecular formula is C22H22ClF3N6O2. The number of amides is 2. The van der Waals surface area contributed by atoms with E-state index in [0.29, 0.717) is 29.5 Å². The van der Waals surface area contributed by atoms with Crippen molar-refractivity contribution in [2.75, 3.05) is 37.6 Å². The van der Waals surface area contributed by atoms with Gasteiger partial charge in [-0.1, -0.05) is 18.5 Å². The van der Waals surface area contributed by atoms with Gasteiger partial charge in [-0.15, -0.1) is 10.2 Å². The number of halogens is 4. The lowest BCUT2D eigenvalue weighted by Gasteiger charge is -2.37. The maximum atomic E-state index is 13.4. The molecule has 3 heterocycles. The highest BCUT2D eigenvalue weighted by Crippen LogP contribution is 2.30. The number of likely N-dealkylation sites (N-methyl/N-ethyl adjacent to an activating group) is 1. The van der Waals surface area contributed by atoms with Crippen LogP contribution in [0.15, 0.2) is 47.0 Å². The minimum Gasteiger partial charge on any atom is -0.413 e. The number of anilines is 1. The van der Waals surface area contributed by atoms with Crippen LogP contribution in [0.1, 0.15) is 18.5 Å². The van der Waals surface area contributed by atoms with Crippen molar-refractivity contribution in [3.63, 3.8) is 0 Å². The fourth-order valence-electron chi connectivity index (χ4n) is 3.58. The lowest BCUT2D eigenvalue weighted by atomic mass is 10.2. The van der Waals surface area contributed by atoms with Gasteiger partial charge in [-0.3, -0.25) is 9.88 Å². The second-order valence-corrected chi connectivity index (χ2v) is 8.15. The number of benzene rings is 1. The van der Waals surface area contributed by atoms with Crippen LogP contribution in [0.25, 0.3) is 11.5 Å². The van der Waals surface area contributed by atoms with Crippen molar-refractivity contribution >= 4 is 23.3 Å². The van der Waals surface area contributed by atoms with Gasteiger partial charge >= 0.3 is 18.1 Å². The number of nitrogens with zero attached hydrogens (tertiary/aromatic N) is 6. The lowest BCUT2D eigenvalue weighted by molar-refractivity contribution is -0.156. The molecule has 1 aliphatic heterocycles. The Morgan fingerprint density at radius 3 is 2.35 bits per heavy atom. The van der Waals surface area contributed by atoms with Crippen molar-refractivity contribution in [1.29, 1.82) is 0 Å². The molecule has 0 N–H and O–H groups in total. The highest BCUT2D eigenvalue weighted by Gasteiger charge is 2.38. The predicted molar refractivity (Wildman–Crippen MR) is 119 cm³/mol. The second-order valence-electron chi connectivity index (χ2n) is 7.71. The number of alkyl halides is 3. The van der Waals surface area contributed by atoms with Gasteiger partial charge in [0, 0.05) is 43.1 Å². The van der Waals surface area contributed by atoms with E-state index in [1.54, 1.807) is 40.1 Å². The molecule has 0 atom stereocenters. The van der Waals surface area contributed by atoms with E-state index < -0.39 is 12.1 Å². The largest absolute Gasteiger partial charge is 0.470 e. The smallest absolute Gasteiger partial charge is 0.413 e. The van der Waals surface area contributed by atoms with Crippen molar-refractivity contribution in [2.45, 2.75) is 19.6 Å². The average Bonchev–Trinajstić information content (AvgIpc) is 3.34. The SMILES string of the molecule is CCN1CCN(C(=O)N(Cc2ccc(-c3nnc(C(F)(F)F)o3)cn2)c2ccc(Cl)cc2)CC1. The van der Waals surface area contributed by atoms with Gasteiger partial charge in [0.25, 0.3) is 0 Å². The molecular weight excluding hydrogens is 473 g/mol. The van der Waals surface area contributed by atoms with Crippen LogP contribution < -0.4 is 4.90 Å². The third-order valence-corrected chi connectivity index (χ3v) is 5.77. The second kappa shape index (κ2) is 9.98. The summed E-state index contributed by atoms with van der Waals surface area (Å²) < 4.78 is 42.8. The Morgan fingerprint density at radius 1 is 1.09 bits per heavy atom. The molecule has 0 spiro atoms. The number of rotatable bonds is 5. The maximum Gasteiger partial charge on any atom is 0.470 e. The van der Waals surface area contributed by atoms with E-state index in [0.717, 1.165) is 19.6 Å². The van der Waals surface area contributed by atoms with E-state index in [4.69, 9.17) is 16.0 Å². The maximum absolute atomic E-state index is 13.4. The summed E-state index contributed by atoms with van der Waals surface area (Å²) in [6.07, 6.45) is -3.38. The number of piperazine rings is 1. The molecule has 1 fully saturated rings. The summed E-state index contributed by atoms with van der Waals surface area (Å²) in [5.74, 6) is -1.71. The summed E-state index contributed by atoms with van der Waals surface area (Å²) >= 11 is 6.02. The minimum atomic E-state index is -4.72. The molecule has 0 saturated carbocycles. The first-order valence-electron chi connectivity index (χ1n) is 10.6. The highest BCUT2D eigenvalue weighted by atomic mass is 35.5. The standard InChI is InChI=1S/C22H22ClF3N6O2/c1-2-30-9-11-31(12-10-30)21(33)32(18-7-4-16(23)5-8-18)14-17-6-3-15(13-27-17)19-28-29-20(34-19)22(24,25)26/h3-8,13H,2,9-12,14H2,1H3. The fourth-order valence-corrected chi connectivity index (χ4v) is 3.70. The third-order valence-electron chi connectivity index (χ3n) is 5.52. The van der Waals surface area contributed by atoms with Gasteiger partial charge in [0.15, 0.2) is 0 Å². The molecule has 0 bridgehead atoms. The zero-order valence-corrected chi connectivity index (χ0v) is 19.1. The van der Waals surface area contributed by atoms with E-state index in [1.165, 1.54) is 12.3 Å². The molecule has 3 aromatic rings. The van der Waals surface area contributed by atoms with E-state index >= 15 is 0 Å². The number of hydrogen-bond donors (Lipinski definition) is 0. The Balaban J connectivity index is 1.53. The first-order valence-corrected chi connectivity index (χ1v) is 11.0. The number of carbonyl (C=O) groups is 1. The van der Waals surface area contributed by atoms with Crippen LogP contribution in [0.3, 0.4) is 0 Å². The van der Waals surface area contributed by atoms with Gasteiger partial charge in [0.1, 0.15) is 0 Å². The third kappa shape index (κ3) is 5.48. The predicted octanol–water partition coefficient (Wildman–Crippen LogP) is 4.57. The number of carbonyl (C=O) groups excluding carboxylic acids is 1. The van der Waals surface area contributed by atoms with E-state index in [1.807, 2.05) is 0 Å². The summed E-state index contributed by atoms with van der Waals surface area (Å²) in [5, 5.41) is 7.01. The molecule has 1 aliphatic rings. The number of urea groups is 1.